The van der Waals surface area contributed by atoms with Crippen LogP contribution in [0.3, 0.4) is 0 Å². The zero-order valence-corrected chi connectivity index (χ0v) is 68.5. The number of Topliss-reactive ketones (excluding diaryl/α,β-unsaturated/α-hetero) is 1. The van der Waals surface area contributed by atoms with Crippen molar-refractivity contribution in [3.8, 4) is 0 Å². The molecule has 107 heavy (non-hydrogen) atoms. The number of pyridine rings is 8. The van der Waals surface area contributed by atoms with Crippen LogP contribution in [0.1, 0.15) is 309 Å². The molecule has 0 spiro atoms. The van der Waals surface area contributed by atoms with Gasteiger partial charge in [-0.05, 0) is 177 Å². The van der Waals surface area contributed by atoms with Gasteiger partial charge in [-0.3, -0.25) is 29.7 Å². The van der Waals surface area contributed by atoms with E-state index in [1.165, 1.54) is 70.8 Å². The van der Waals surface area contributed by atoms with Gasteiger partial charge in [0.1, 0.15) is 18.3 Å². The van der Waals surface area contributed by atoms with Crippen LogP contribution in [0, 0.1) is 15.6 Å². The number of aryl methyl sites for hydroxylation is 1. The molecule has 0 radical (unpaired) electrons. The largest absolute Gasteiger partial charge is 0.619 e. The minimum absolute atomic E-state index is 0.0255. The van der Waals surface area contributed by atoms with Crippen molar-refractivity contribution >= 4 is 5.78 Å². The lowest BCUT2D eigenvalue weighted by molar-refractivity contribution is -0.615. The number of carbonyl (C=O) groups excluding carboxylic acids is 1. The van der Waals surface area contributed by atoms with Crippen LogP contribution >= 0.6 is 0 Å². The molecule has 11 heterocycles. The highest BCUT2D eigenvalue weighted by atomic mass is 16.5. The molecule has 0 bridgehead atoms. The van der Waals surface area contributed by atoms with Gasteiger partial charge in [0.25, 0.3) is 0 Å². The molecule has 0 N–H and O–H groups in total. The molecule has 0 aromatic carbocycles. The van der Waals surface area contributed by atoms with Gasteiger partial charge in [0.2, 0.25) is 0 Å². The van der Waals surface area contributed by atoms with E-state index < -0.39 is 0 Å². The van der Waals surface area contributed by atoms with Crippen molar-refractivity contribution in [1.29, 1.82) is 0 Å². The van der Waals surface area contributed by atoms with Crippen molar-refractivity contribution in [2.45, 2.75) is 238 Å². The van der Waals surface area contributed by atoms with Crippen molar-refractivity contribution in [3.05, 3.63) is 328 Å². The van der Waals surface area contributed by atoms with Gasteiger partial charge in [-0.1, -0.05) is 177 Å². The molecule has 11 rings (SSSR count). The average molecular weight is 1450 g/mol. The maximum atomic E-state index is 11.0. The van der Waals surface area contributed by atoms with E-state index in [4.69, 9.17) is 0 Å². The first-order valence-electron chi connectivity index (χ1n) is 37.2. The molecule has 0 aliphatic rings. The van der Waals surface area contributed by atoms with Crippen molar-refractivity contribution in [3.63, 3.8) is 0 Å². The predicted octanol–water partition coefficient (Wildman–Crippen LogP) is 20.9. The number of rotatable bonds is 13. The molecule has 574 valence electrons. The van der Waals surface area contributed by atoms with E-state index in [0.29, 0.717) is 70.8 Å². The quantitative estimate of drug-likeness (QED) is 0.0592. The summed E-state index contributed by atoms with van der Waals surface area (Å²) < 4.78 is 2.53. The van der Waals surface area contributed by atoms with Gasteiger partial charge in [0.15, 0.2) is 42.5 Å². The Morgan fingerprint density at radius 2 is 0.832 bits per heavy atom. The number of aromatic nitrogens is 14. The molecule has 18 nitrogen and oxygen atoms in total. The summed E-state index contributed by atoms with van der Waals surface area (Å²) in [5.41, 5.74) is 14.8. The summed E-state index contributed by atoms with van der Waals surface area (Å²) in [7, 11) is 0. The van der Waals surface area contributed by atoms with E-state index in [1.807, 2.05) is 148 Å². The summed E-state index contributed by atoms with van der Waals surface area (Å²) in [6.07, 6.45) is 33.6. The van der Waals surface area contributed by atoms with Crippen molar-refractivity contribution in [2.75, 3.05) is 0 Å². The number of carbonyl (C=O) groups is 1. The Morgan fingerprint density at radius 3 is 1.21 bits per heavy atom. The summed E-state index contributed by atoms with van der Waals surface area (Å²) in [5.74, 6) is 5.69. The van der Waals surface area contributed by atoms with E-state index in [2.05, 4.69) is 219 Å². The molecular formula is C89H124N14O4. The molecule has 0 fully saturated rings. The van der Waals surface area contributed by atoms with Gasteiger partial charge in [0.05, 0.1) is 6.20 Å². The number of ketones is 1. The monoisotopic (exact) mass is 1450 g/mol. The minimum Gasteiger partial charge on any atom is -0.619 e. The third-order valence-corrected chi connectivity index (χ3v) is 15.8. The van der Waals surface area contributed by atoms with Crippen molar-refractivity contribution < 1.29 is 19.0 Å². The summed E-state index contributed by atoms with van der Waals surface area (Å²) in [6, 6.07) is 39.0. The van der Waals surface area contributed by atoms with Crippen LogP contribution in [0.2, 0.25) is 0 Å². The van der Waals surface area contributed by atoms with Crippen molar-refractivity contribution in [2.24, 2.45) is 0 Å². The number of hydrogen-bond acceptors (Lipinski definition) is 15. The molecule has 0 aliphatic carbocycles. The molecular weight excluding hydrogens is 1330 g/mol. The highest BCUT2D eigenvalue weighted by Gasteiger charge is 2.08. The summed E-state index contributed by atoms with van der Waals surface area (Å²) in [5, 5.41) is 39.7. The molecule has 0 saturated heterocycles. The zero-order chi connectivity index (χ0) is 80.2. The summed E-state index contributed by atoms with van der Waals surface area (Å²) in [6.45, 7) is 50.3. The molecule has 0 atom stereocenters. The third-order valence-electron chi connectivity index (χ3n) is 15.8. The molecule has 11 aromatic rings. The Balaban J connectivity index is 0.000000589. The van der Waals surface area contributed by atoms with Crippen LogP contribution in [0.4, 0.5) is 0 Å². The SMILES string of the molecule is CC(=O)c1cc(C(C)C)ccn1.CC(C)c1cc[n+]([O-])cc1.CC(C)c1ccc[n+]([O-])c1.CC(C)c1cccc[n+]1[O-].CC(C)c1ccccn1.CC(C)c1cccnc1.CC(C)c1ccncc1.CC(C)c1ccncn1.CC(C)c1ccnnc1.CC(C)c1cncnc1.CCc1cc(C(C)C)ccn1. The predicted molar refractivity (Wildman–Crippen MR) is 438 cm³/mol. The fourth-order valence-corrected chi connectivity index (χ4v) is 8.64. The second-order valence-electron chi connectivity index (χ2n) is 28.4. The van der Waals surface area contributed by atoms with Gasteiger partial charge >= 0.3 is 0 Å². The van der Waals surface area contributed by atoms with Crippen LogP contribution in [0.15, 0.2) is 239 Å². The zero-order valence-electron chi connectivity index (χ0n) is 68.5. The van der Waals surface area contributed by atoms with Gasteiger partial charge in [-0.25, -0.2) is 19.9 Å². The van der Waals surface area contributed by atoms with E-state index in [9.17, 15) is 20.4 Å². The van der Waals surface area contributed by atoms with E-state index in [0.717, 1.165) is 48.8 Å². The minimum atomic E-state index is 0.0255. The van der Waals surface area contributed by atoms with Crippen LogP contribution in [0.25, 0.3) is 0 Å². The molecule has 0 saturated carbocycles. The molecule has 0 amide bonds. The molecule has 0 aliphatic heterocycles. The van der Waals surface area contributed by atoms with E-state index in [-0.39, 0.29) is 5.78 Å². The lowest BCUT2D eigenvalue weighted by Gasteiger charge is -2.05. The number of hydrogen-bond donors (Lipinski definition) is 0. The van der Waals surface area contributed by atoms with Gasteiger partial charge < -0.3 is 15.6 Å². The maximum Gasteiger partial charge on any atom is 0.195 e. The first-order valence-corrected chi connectivity index (χ1v) is 37.2. The van der Waals surface area contributed by atoms with E-state index >= 15 is 0 Å². The second kappa shape index (κ2) is 55.0. The molecule has 11 aromatic heterocycles. The van der Waals surface area contributed by atoms with Crippen LogP contribution < -0.4 is 14.2 Å². The topological polar surface area (TPSA) is 240 Å². The molecule has 18 heteroatoms. The van der Waals surface area contributed by atoms with Gasteiger partial charge in [-0.15, -0.1) is 0 Å². The van der Waals surface area contributed by atoms with Gasteiger partial charge in [0, 0.05) is 134 Å². The average Bonchev–Trinajstić information content (AvgIpc) is 0.884. The Hall–Kier alpha value is -10.5. The Kier molecular flexibility index (Phi) is 48.6. The highest BCUT2D eigenvalue weighted by molar-refractivity contribution is 5.92. The van der Waals surface area contributed by atoms with Gasteiger partial charge in [-0.2, -0.15) is 24.4 Å². The fraction of sp³-hybridized carbons (Fsp3) is 0.404. The Morgan fingerprint density at radius 1 is 0.336 bits per heavy atom. The van der Waals surface area contributed by atoms with E-state index in [1.54, 1.807) is 62.0 Å². The fourth-order valence-electron chi connectivity index (χ4n) is 8.64. The lowest BCUT2D eigenvalue weighted by atomic mass is 10.0. The van der Waals surface area contributed by atoms with Crippen molar-refractivity contribution in [1.82, 2.24) is 55.1 Å². The highest BCUT2D eigenvalue weighted by Crippen LogP contribution is 2.18. The molecule has 0 unspecified atom stereocenters. The first kappa shape index (κ1) is 94.5. The standard InChI is InChI=1S/C10H13NO.C10H15N.3C8H11NO.3C8H11N.3C7H10N2/c1-7(2)9-4-5-11-10(6-9)8(3)12;1-4-10-7-9(8(2)3)5-6-11-10;1-7(2)8-3-5-9(10)6-4-8;1-7(2)8-4-3-5-9(10)6-8;1-7(2)8-5-3-4-6-9(8)10;1-7(2)8-3-5-9-6-4-8;1-7(2)8-4-3-5-9-6-8;1-7(2)8-5-3-4-6-9-8;1-6(2)7-3-8-5-9-4-7;1-6(2)7-3-4-8-5-9-7;1-6(2)7-3-4-8-9-5-7/h4-7H,1-3H3;5-8H,4H2,1-3H3;3*3-7H,1-2H3;3*3-7H,1-2H3;3*3-6H,1-2H3. The summed E-state index contributed by atoms with van der Waals surface area (Å²) >= 11 is 0. The Labute approximate surface area is 642 Å². The summed E-state index contributed by atoms with van der Waals surface area (Å²) in [4.78, 5) is 47.0. The third kappa shape index (κ3) is 43.5. The van der Waals surface area contributed by atoms with Crippen LogP contribution in [0.5, 0.6) is 0 Å². The Bertz CT molecular complexity index is 3650. The number of nitrogens with zero attached hydrogens (tertiary/aromatic N) is 14. The van der Waals surface area contributed by atoms with Crippen LogP contribution in [-0.2, 0) is 6.42 Å². The first-order chi connectivity index (χ1) is 50.8. The smallest absolute Gasteiger partial charge is 0.195 e. The normalized spacial score (nSPS) is 10.2. The van der Waals surface area contributed by atoms with Crippen LogP contribution in [-0.4, -0.2) is 60.8 Å². The second-order valence-corrected chi connectivity index (χ2v) is 28.4. The lowest BCUT2D eigenvalue weighted by Crippen LogP contribution is -2.31. The maximum absolute atomic E-state index is 11.0.